The molecule has 0 saturated carbocycles. The molecule has 0 bridgehead atoms. The molecule has 4 heterocycles. The van der Waals surface area contributed by atoms with E-state index in [1.807, 2.05) is 37.3 Å². The molecular weight excluding hydrogens is 663 g/mol. The van der Waals surface area contributed by atoms with Crippen molar-refractivity contribution in [3.05, 3.63) is 129 Å². The minimum atomic E-state index is -4.10. The number of nitrogens with zero attached hydrogens (tertiary/aromatic N) is 3. The lowest BCUT2D eigenvalue weighted by Crippen LogP contribution is -2.47. The van der Waals surface area contributed by atoms with Crippen molar-refractivity contribution in [1.29, 1.82) is 0 Å². The molecule has 11 nitrogen and oxygen atoms in total. The topological polar surface area (TPSA) is 146 Å². The molecule has 50 heavy (non-hydrogen) atoms. The largest absolute Gasteiger partial charge is 0.457 e. The molecule has 0 fully saturated rings. The van der Waals surface area contributed by atoms with E-state index < -0.39 is 39.5 Å². The fourth-order valence-electron chi connectivity index (χ4n) is 6.36. The van der Waals surface area contributed by atoms with Gasteiger partial charge in [-0.1, -0.05) is 55.0 Å². The summed E-state index contributed by atoms with van der Waals surface area (Å²) in [4.78, 5) is 49.8. The number of hydrogen-bond donors (Lipinski definition) is 1. The van der Waals surface area contributed by atoms with Crippen molar-refractivity contribution in [3.63, 3.8) is 0 Å². The van der Waals surface area contributed by atoms with Crippen molar-refractivity contribution in [2.75, 3.05) is 0 Å². The predicted molar refractivity (Wildman–Crippen MR) is 182 cm³/mol. The number of hydrogen-bond acceptors (Lipinski definition) is 9. The Balaban J connectivity index is 1.22. The normalized spacial score (nSPS) is 17.2. The third kappa shape index (κ3) is 5.98. The SMILES string of the molecule is CCC1(OC(=O)C=NC(Cc2ccc(F)cc2)NS(=O)(=O)c2ccc(C)cc2)C(=O)OCc2c1cc1n(c2=O)Cc2cc3ccccc3nc2-1. The Morgan fingerprint density at radius 1 is 1.10 bits per heavy atom. The maximum absolute atomic E-state index is 13.8. The number of fused-ring (bicyclic) bond motifs is 5. The molecule has 0 saturated heterocycles. The quantitative estimate of drug-likeness (QED) is 0.169. The van der Waals surface area contributed by atoms with Crippen molar-refractivity contribution in [2.45, 2.75) is 56.5 Å². The van der Waals surface area contributed by atoms with Gasteiger partial charge in [-0.05, 0) is 61.4 Å². The molecule has 254 valence electrons. The zero-order valence-electron chi connectivity index (χ0n) is 27.1. The minimum absolute atomic E-state index is 0.0145. The van der Waals surface area contributed by atoms with Crippen molar-refractivity contribution in [2.24, 2.45) is 4.99 Å². The van der Waals surface area contributed by atoms with E-state index in [1.165, 1.54) is 36.4 Å². The number of benzene rings is 3. The van der Waals surface area contributed by atoms with Crippen LogP contribution in [0.2, 0.25) is 0 Å². The van der Waals surface area contributed by atoms with E-state index in [2.05, 4.69) is 9.71 Å². The number of aryl methyl sites for hydroxylation is 1. The van der Waals surface area contributed by atoms with Gasteiger partial charge in [-0.2, -0.15) is 4.72 Å². The molecular formula is C37H31FN4O7S. The standard InChI is InChI=1S/C37H31FN4O7S/c1-3-37(29-18-31-34-25(17-24-6-4-5-7-30(24)40-34)20-42(31)35(44)28(29)21-48-36(37)45)49-33(43)19-39-32(16-23-10-12-26(38)13-11-23)41-50(46,47)27-14-8-22(2)9-15-27/h4-15,17-19,32,41H,3,16,20-21H2,1-2H3. The van der Waals surface area contributed by atoms with Crippen LogP contribution in [-0.2, 0) is 54.3 Å². The van der Waals surface area contributed by atoms with Crippen LogP contribution in [0.4, 0.5) is 4.39 Å². The zero-order chi connectivity index (χ0) is 35.2. The first kappa shape index (κ1) is 33.0. The summed E-state index contributed by atoms with van der Waals surface area (Å²) in [6.07, 6.45) is -0.539. The molecule has 2 aromatic heterocycles. The number of cyclic esters (lactones) is 1. The number of sulfonamides is 1. The summed E-state index contributed by atoms with van der Waals surface area (Å²) in [5.74, 6) is -2.40. The molecule has 2 aliphatic rings. The Morgan fingerprint density at radius 3 is 2.58 bits per heavy atom. The van der Waals surface area contributed by atoms with Crippen LogP contribution in [0.5, 0.6) is 0 Å². The number of aromatic nitrogens is 2. The fraction of sp³-hybridized carbons (Fsp3) is 0.216. The number of ether oxygens (including phenoxy) is 2. The van der Waals surface area contributed by atoms with Crippen LogP contribution in [0, 0.1) is 12.7 Å². The van der Waals surface area contributed by atoms with Crippen LogP contribution < -0.4 is 10.3 Å². The van der Waals surface area contributed by atoms with Crippen LogP contribution in [0.25, 0.3) is 22.3 Å². The summed E-state index contributed by atoms with van der Waals surface area (Å²) in [5.41, 5.74) is 2.04. The molecule has 0 aliphatic carbocycles. The smallest absolute Gasteiger partial charge is 0.355 e. The van der Waals surface area contributed by atoms with Gasteiger partial charge in [0.1, 0.15) is 24.8 Å². The molecule has 0 amide bonds. The molecule has 0 radical (unpaired) electrons. The average molecular weight is 695 g/mol. The maximum Gasteiger partial charge on any atom is 0.355 e. The number of esters is 2. The van der Waals surface area contributed by atoms with E-state index in [0.717, 1.165) is 28.2 Å². The zero-order valence-corrected chi connectivity index (χ0v) is 27.9. The highest BCUT2D eigenvalue weighted by molar-refractivity contribution is 7.89. The molecule has 1 N–H and O–H groups in total. The van der Waals surface area contributed by atoms with Crippen molar-refractivity contribution in [1.82, 2.24) is 14.3 Å². The number of nitrogens with one attached hydrogen (secondary N) is 1. The van der Waals surface area contributed by atoms with Gasteiger partial charge < -0.3 is 14.0 Å². The highest BCUT2D eigenvalue weighted by Gasteiger charge is 2.50. The summed E-state index contributed by atoms with van der Waals surface area (Å²) < 4.78 is 55.4. The van der Waals surface area contributed by atoms with Crippen molar-refractivity contribution < 1.29 is 31.9 Å². The lowest BCUT2D eigenvalue weighted by molar-refractivity contribution is -0.185. The number of aliphatic imine (C=N–C) groups is 1. The summed E-state index contributed by atoms with van der Waals surface area (Å²) in [5, 5.41) is 0.922. The van der Waals surface area contributed by atoms with Gasteiger partial charge in [0, 0.05) is 22.9 Å². The van der Waals surface area contributed by atoms with Gasteiger partial charge in [0.2, 0.25) is 15.6 Å². The van der Waals surface area contributed by atoms with Gasteiger partial charge in [0.15, 0.2) is 0 Å². The second kappa shape index (κ2) is 12.7. The molecule has 13 heteroatoms. The third-order valence-corrected chi connectivity index (χ3v) is 10.5. The van der Waals surface area contributed by atoms with Gasteiger partial charge in [-0.25, -0.2) is 27.4 Å². The predicted octanol–water partition coefficient (Wildman–Crippen LogP) is 4.70. The molecule has 7 rings (SSSR count). The second-order valence-electron chi connectivity index (χ2n) is 12.2. The second-order valence-corrected chi connectivity index (χ2v) is 14.0. The third-order valence-electron chi connectivity index (χ3n) is 8.98. The highest BCUT2D eigenvalue weighted by atomic mass is 32.2. The number of pyridine rings is 2. The maximum atomic E-state index is 13.8. The van der Waals surface area contributed by atoms with Crippen LogP contribution in [0.3, 0.4) is 0 Å². The van der Waals surface area contributed by atoms with Crippen molar-refractivity contribution in [3.8, 4) is 11.4 Å². The number of carbonyl (C=O) groups is 2. The van der Waals surface area contributed by atoms with E-state index in [9.17, 15) is 27.2 Å². The van der Waals surface area contributed by atoms with Crippen LogP contribution in [0.1, 0.15) is 41.2 Å². The van der Waals surface area contributed by atoms with Crippen LogP contribution in [0.15, 0.2) is 99.6 Å². The van der Waals surface area contributed by atoms with Gasteiger partial charge in [0.05, 0.1) is 33.9 Å². The van der Waals surface area contributed by atoms with Gasteiger partial charge >= 0.3 is 11.9 Å². The van der Waals surface area contributed by atoms with E-state index >= 15 is 0 Å². The van der Waals surface area contributed by atoms with Gasteiger partial charge in [-0.3, -0.25) is 9.79 Å². The van der Waals surface area contributed by atoms with Gasteiger partial charge in [0.25, 0.3) is 5.56 Å². The van der Waals surface area contributed by atoms with Gasteiger partial charge in [-0.15, -0.1) is 0 Å². The first-order valence-electron chi connectivity index (χ1n) is 15.9. The Labute approximate surface area is 286 Å². The summed E-state index contributed by atoms with van der Waals surface area (Å²) in [7, 11) is -4.10. The Morgan fingerprint density at radius 2 is 1.84 bits per heavy atom. The molecule has 3 aromatic carbocycles. The monoisotopic (exact) mass is 694 g/mol. The first-order valence-corrected chi connectivity index (χ1v) is 17.4. The molecule has 2 atom stereocenters. The van der Waals surface area contributed by atoms with E-state index in [1.54, 1.807) is 29.7 Å². The Hall–Kier alpha value is -5.53. The summed E-state index contributed by atoms with van der Waals surface area (Å²) in [6.45, 7) is 3.43. The van der Waals surface area contributed by atoms with Crippen LogP contribution >= 0.6 is 0 Å². The number of para-hydroxylation sites is 1. The summed E-state index contributed by atoms with van der Waals surface area (Å²) in [6, 6.07) is 22.8. The van der Waals surface area contributed by atoms with Crippen molar-refractivity contribution >= 4 is 39.1 Å². The lowest BCUT2D eigenvalue weighted by atomic mass is 9.85. The highest BCUT2D eigenvalue weighted by Crippen LogP contribution is 2.41. The van der Waals surface area contributed by atoms with Crippen LogP contribution in [-0.4, -0.2) is 42.3 Å². The number of halogens is 1. The Kier molecular flexibility index (Phi) is 8.40. The minimum Gasteiger partial charge on any atom is -0.457 e. The summed E-state index contributed by atoms with van der Waals surface area (Å²) >= 11 is 0. The van der Waals surface area contributed by atoms with E-state index in [4.69, 9.17) is 14.5 Å². The molecule has 2 aliphatic heterocycles. The Bertz CT molecular complexity index is 2370. The number of rotatable bonds is 9. The molecule has 2 unspecified atom stereocenters. The fourth-order valence-corrected chi connectivity index (χ4v) is 7.50. The molecule has 5 aromatic rings. The average Bonchev–Trinajstić information content (AvgIpc) is 3.46. The first-order chi connectivity index (χ1) is 24.0. The lowest BCUT2D eigenvalue weighted by Gasteiger charge is -2.35. The molecule has 0 spiro atoms. The van der Waals surface area contributed by atoms with E-state index in [-0.39, 0.29) is 47.6 Å². The van der Waals surface area contributed by atoms with E-state index in [0.29, 0.717) is 17.0 Å². The number of carbonyl (C=O) groups excluding carboxylic acids is 2.